The quantitative estimate of drug-likeness (QED) is 0.552. The van der Waals surface area contributed by atoms with Crippen molar-refractivity contribution in [2.24, 2.45) is 5.84 Å². The van der Waals surface area contributed by atoms with Crippen molar-refractivity contribution >= 4 is 22.3 Å². The number of fused-ring (bicyclic) bond motifs is 1. The molecule has 3 nitrogen and oxygen atoms in total. The molecule has 0 aliphatic carbocycles. The summed E-state index contributed by atoms with van der Waals surface area (Å²) in [4.78, 5) is 1.37. The number of thiophene rings is 1. The maximum Gasteiger partial charge on any atom is 0.134 e. The molecule has 1 aromatic carbocycles. The molecule has 3 aromatic rings. The van der Waals surface area contributed by atoms with Gasteiger partial charge in [-0.05, 0) is 49.4 Å². The van der Waals surface area contributed by atoms with Crippen LogP contribution >= 0.6 is 11.3 Å². The van der Waals surface area contributed by atoms with E-state index in [0.717, 1.165) is 29.6 Å². The summed E-state index contributed by atoms with van der Waals surface area (Å²) >= 11 is 1.78. The zero-order chi connectivity index (χ0) is 13.9. The summed E-state index contributed by atoms with van der Waals surface area (Å²) in [5.74, 6) is 6.60. The molecule has 0 bridgehead atoms. The Bertz CT molecular complexity index is 688. The van der Waals surface area contributed by atoms with Crippen LogP contribution in [0.4, 0.5) is 0 Å². The summed E-state index contributed by atoms with van der Waals surface area (Å²) in [6.45, 7) is 2.08. The smallest absolute Gasteiger partial charge is 0.134 e. The first kappa shape index (κ1) is 13.4. The van der Waals surface area contributed by atoms with Crippen LogP contribution in [0.1, 0.15) is 28.7 Å². The lowest BCUT2D eigenvalue weighted by Crippen LogP contribution is -2.28. The molecule has 1 atom stereocenters. The fourth-order valence-corrected chi connectivity index (χ4v) is 3.13. The first-order chi connectivity index (χ1) is 9.76. The molecule has 0 amide bonds. The Kier molecular flexibility index (Phi) is 3.87. The second-order valence-corrected chi connectivity index (χ2v) is 6.06. The Labute approximate surface area is 122 Å². The summed E-state index contributed by atoms with van der Waals surface area (Å²) in [5, 5.41) is 3.24. The lowest BCUT2D eigenvalue weighted by Gasteiger charge is -2.12. The number of furan rings is 1. The van der Waals surface area contributed by atoms with E-state index in [4.69, 9.17) is 10.3 Å². The van der Waals surface area contributed by atoms with Gasteiger partial charge < -0.3 is 4.42 Å². The van der Waals surface area contributed by atoms with Gasteiger partial charge in [0.25, 0.3) is 0 Å². The van der Waals surface area contributed by atoms with Crippen LogP contribution < -0.4 is 11.3 Å². The van der Waals surface area contributed by atoms with Gasteiger partial charge in [-0.15, -0.1) is 11.3 Å². The molecule has 0 saturated heterocycles. The van der Waals surface area contributed by atoms with Crippen molar-refractivity contribution in [2.45, 2.75) is 25.8 Å². The molecular weight excluding hydrogens is 268 g/mol. The van der Waals surface area contributed by atoms with Crippen molar-refractivity contribution in [3.8, 4) is 0 Å². The summed E-state index contributed by atoms with van der Waals surface area (Å²) in [7, 11) is 0. The lowest BCUT2D eigenvalue weighted by atomic mass is 10.1. The molecule has 0 aliphatic heterocycles. The molecule has 3 rings (SSSR count). The van der Waals surface area contributed by atoms with Gasteiger partial charge in [0.2, 0.25) is 0 Å². The Morgan fingerprint density at radius 3 is 2.95 bits per heavy atom. The standard InChI is InChI=1S/C16H18N2OS/c1-11-4-7-15-12(9-11)10-16(19-15)14(18-17)6-5-13-3-2-8-20-13/h2-4,7-10,14,18H,5-6,17H2,1H3. The number of hydrogen-bond acceptors (Lipinski definition) is 4. The third-order valence-electron chi connectivity index (χ3n) is 3.50. The van der Waals surface area contributed by atoms with E-state index in [0.29, 0.717) is 0 Å². The average Bonchev–Trinajstić information content (AvgIpc) is 3.08. The first-order valence-electron chi connectivity index (χ1n) is 6.75. The van der Waals surface area contributed by atoms with Gasteiger partial charge >= 0.3 is 0 Å². The maximum atomic E-state index is 5.91. The number of benzene rings is 1. The van der Waals surface area contributed by atoms with E-state index in [1.165, 1.54) is 10.4 Å². The van der Waals surface area contributed by atoms with E-state index < -0.39 is 0 Å². The highest BCUT2D eigenvalue weighted by atomic mass is 32.1. The van der Waals surface area contributed by atoms with Gasteiger partial charge in [0.1, 0.15) is 11.3 Å². The first-order valence-corrected chi connectivity index (χ1v) is 7.63. The van der Waals surface area contributed by atoms with Crippen LogP contribution in [0.15, 0.2) is 46.2 Å². The molecule has 0 spiro atoms. The largest absolute Gasteiger partial charge is 0.459 e. The Morgan fingerprint density at radius 2 is 2.20 bits per heavy atom. The van der Waals surface area contributed by atoms with Crippen LogP contribution in [0.2, 0.25) is 0 Å². The van der Waals surface area contributed by atoms with Gasteiger partial charge in [0.15, 0.2) is 0 Å². The number of hydrazine groups is 1. The van der Waals surface area contributed by atoms with Crippen molar-refractivity contribution < 1.29 is 4.42 Å². The number of hydrogen-bond donors (Lipinski definition) is 2. The molecule has 104 valence electrons. The Morgan fingerprint density at radius 1 is 1.30 bits per heavy atom. The predicted molar refractivity (Wildman–Crippen MR) is 83.7 cm³/mol. The fourth-order valence-electron chi connectivity index (χ4n) is 2.40. The van der Waals surface area contributed by atoms with Gasteiger partial charge in [-0.1, -0.05) is 17.7 Å². The molecule has 0 saturated carbocycles. The molecule has 3 N–H and O–H groups in total. The summed E-state index contributed by atoms with van der Waals surface area (Å²) < 4.78 is 5.91. The minimum absolute atomic E-state index is 0.0461. The minimum atomic E-state index is 0.0461. The maximum absolute atomic E-state index is 5.91. The van der Waals surface area contributed by atoms with Crippen molar-refractivity contribution in [2.75, 3.05) is 0 Å². The van der Waals surface area contributed by atoms with Crippen LogP contribution in [-0.4, -0.2) is 0 Å². The molecule has 2 heterocycles. The summed E-state index contributed by atoms with van der Waals surface area (Å²) in [5.41, 5.74) is 5.02. The zero-order valence-corrected chi connectivity index (χ0v) is 12.2. The Balaban J connectivity index is 1.79. The predicted octanol–water partition coefficient (Wildman–Crippen LogP) is 3.94. The van der Waals surface area contributed by atoms with Crippen molar-refractivity contribution in [1.29, 1.82) is 0 Å². The Hall–Kier alpha value is -1.62. The monoisotopic (exact) mass is 286 g/mol. The molecule has 0 fully saturated rings. The van der Waals surface area contributed by atoms with Crippen molar-refractivity contribution in [3.05, 3.63) is 58.0 Å². The fraction of sp³-hybridized carbons (Fsp3) is 0.250. The van der Waals surface area contributed by atoms with Crippen LogP contribution in [0.3, 0.4) is 0 Å². The van der Waals surface area contributed by atoms with Gasteiger partial charge in [0.05, 0.1) is 6.04 Å². The van der Waals surface area contributed by atoms with E-state index in [9.17, 15) is 0 Å². The summed E-state index contributed by atoms with van der Waals surface area (Å²) in [6.07, 6.45) is 1.93. The van der Waals surface area contributed by atoms with E-state index in [2.05, 4.69) is 48.1 Å². The molecule has 4 heteroatoms. The topological polar surface area (TPSA) is 51.2 Å². The summed E-state index contributed by atoms with van der Waals surface area (Å²) in [6, 6.07) is 12.6. The molecule has 1 unspecified atom stereocenters. The van der Waals surface area contributed by atoms with E-state index in [-0.39, 0.29) is 6.04 Å². The van der Waals surface area contributed by atoms with Crippen LogP contribution in [0, 0.1) is 6.92 Å². The third-order valence-corrected chi connectivity index (χ3v) is 4.43. The number of rotatable bonds is 5. The average molecular weight is 286 g/mol. The SMILES string of the molecule is Cc1ccc2oc(C(CCc3cccs3)NN)cc2c1. The van der Waals surface area contributed by atoms with E-state index >= 15 is 0 Å². The van der Waals surface area contributed by atoms with Gasteiger partial charge in [-0.2, -0.15) is 0 Å². The van der Waals surface area contributed by atoms with Crippen molar-refractivity contribution in [3.63, 3.8) is 0 Å². The highest BCUT2D eigenvalue weighted by Crippen LogP contribution is 2.27. The molecule has 0 radical (unpaired) electrons. The molecule has 2 aromatic heterocycles. The minimum Gasteiger partial charge on any atom is -0.459 e. The molecule has 0 aliphatic rings. The van der Waals surface area contributed by atoms with Gasteiger partial charge in [0, 0.05) is 10.3 Å². The van der Waals surface area contributed by atoms with Crippen molar-refractivity contribution in [1.82, 2.24) is 5.43 Å². The molecule has 20 heavy (non-hydrogen) atoms. The van der Waals surface area contributed by atoms with Gasteiger partial charge in [-0.25, -0.2) is 5.43 Å². The number of nitrogens with one attached hydrogen (secondary N) is 1. The molecular formula is C16H18N2OS. The van der Waals surface area contributed by atoms with Crippen LogP contribution in [0.5, 0.6) is 0 Å². The third kappa shape index (κ3) is 2.77. The second-order valence-electron chi connectivity index (χ2n) is 5.03. The van der Waals surface area contributed by atoms with E-state index in [1.54, 1.807) is 11.3 Å². The van der Waals surface area contributed by atoms with Crippen LogP contribution in [-0.2, 0) is 6.42 Å². The highest BCUT2D eigenvalue weighted by Gasteiger charge is 2.15. The highest BCUT2D eigenvalue weighted by molar-refractivity contribution is 7.09. The van der Waals surface area contributed by atoms with Crippen LogP contribution in [0.25, 0.3) is 11.0 Å². The second kappa shape index (κ2) is 5.79. The van der Waals surface area contributed by atoms with Gasteiger partial charge in [-0.3, -0.25) is 5.84 Å². The number of aryl methyl sites for hydroxylation is 2. The zero-order valence-electron chi connectivity index (χ0n) is 11.4. The number of nitrogens with two attached hydrogens (primary N) is 1. The lowest BCUT2D eigenvalue weighted by molar-refractivity contribution is 0.418. The normalized spacial score (nSPS) is 12.9. The van der Waals surface area contributed by atoms with E-state index in [1.807, 2.05) is 6.07 Å².